The summed E-state index contributed by atoms with van der Waals surface area (Å²) in [4.78, 5) is 10.4. The summed E-state index contributed by atoms with van der Waals surface area (Å²) in [6.07, 6.45) is 0.233. The fourth-order valence-corrected chi connectivity index (χ4v) is 0.553. The molecular formula is C6H5N3O. The van der Waals surface area contributed by atoms with Crippen molar-refractivity contribution in [3.8, 4) is 6.07 Å². The summed E-state index contributed by atoms with van der Waals surface area (Å²) in [5.74, 6) is 0. The number of aromatic amines is 1. The lowest BCUT2D eigenvalue weighted by Crippen LogP contribution is -2.06. The number of H-pyrrole nitrogens is 1. The van der Waals surface area contributed by atoms with E-state index in [-0.39, 0.29) is 12.0 Å². The Morgan fingerprint density at radius 2 is 2.50 bits per heavy atom. The maximum Gasteiger partial charge on any atom is 0.264 e. The van der Waals surface area contributed by atoms with Crippen molar-refractivity contribution in [1.29, 1.82) is 5.26 Å². The van der Waals surface area contributed by atoms with E-state index in [1.54, 1.807) is 0 Å². The molecule has 0 aromatic carbocycles. The number of nitrogens with zero attached hydrogens (tertiary/aromatic N) is 2. The van der Waals surface area contributed by atoms with Crippen molar-refractivity contribution in [2.75, 3.05) is 0 Å². The minimum absolute atomic E-state index is 0.233. The smallest absolute Gasteiger partial charge is 0.264 e. The third kappa shape index (κ3) is 1.42. The van der Waals surface area contributed by atoms with Crippen LogP contribution in [0, 0.1) is 11.3 Å². The number of rotatable bonds is 1. The van der Waals surface area contributed by atoms with Crippen molar-refractivity contribution in [2.45, 2.75) is 6.42 Å². The molecule has 0 fully saturated rings. The van der Waals surface area contributed by atoms with Crippen LogP contribution in [0.15, 0.2) is 16.9 Å². The summed E-state index contributed by atoms with van der Waals surface area (Å²) in [6.45, 7) is 0. The standard InChI is InChI=1S/C6H5N3O/c7-4-3-5-1-2-6(10)9-8-5/h1-2H,3H2,(H,9,10). The molecular weight excluding hydrogens is 130 g/mol. The average molecular weight is 135 g/mol. The first-order chi connectivity index (χ1) is 4.83. The van der Waals surface area contributed by atoms with Crippen LogP contribution >= 0.6 is 0 Å². The molecule has 4 heteroatoms. The Kier molecular flexibility index (Phi) is 1.80. The molecule has 10 heavy (non-hydrogen) atoms. The lowest BCUT2D eigenvalue weighted by atomic mass is 10.3. The van der Waals surface area contributed by atoms with Gasteiger partial charge in [0.05, 0.1) is 18.2 Å². The van der Waals surface area contributed by atoms with Crippen molar-refractivity contribution in [3.63, 3.8) is 0 Å². The van der Waals surface area contributed by atoms with Crippen molar-refractivity contribution >= 4 is 0 Å². The number of hydrogen-bond donors (Lipinski definition) is 1. The first kappa shape index (κ1) is 6.49. The fourth-order valence-electron chi connectivity index (χ4n) is 0.553. The molecule has 1 aromatic heterocycles. The highest BCUT2D eigenvalue weighted by molar-refractivity contribution is 5.04. The Morgan fingerprint density at radius 3 is 3.00 bits per heavy atom. The van der Waals surface area contributed by atoms with Gasteiger partial charge in [-0.3, -0.25) is 4.79 Å². The van der Waals surface area contributed by atoms with Gasteiger partial charge in [-0.1, -0.05) is 0 Å². The third-order valence-corrected chi connectivity index (χ3v) is 0.997. The van der Waals surface area contributed by atoms with Gasteiger partial charge in [-0.2, -0.15) is 10.4 Å². The Bertz CT molecular complexity index is 289. The van der Waals surface area contributed by atoms with E-state index in [4.69, 9.17) is 5.26 Å². The minimum Gasteiger partial charge on any atom is -0.268 e. The molecule has 50 valence electrons. The van der Waals surface area contributed by atoms with Gasteiger partial charge in [-0.15, -0.1) is 0 Å². The molecule has 0 unspecified atom stereocenters. The van der Waals surface area contributed by atoms with E-state index < -0.39 is 0 Å². The lowest BCUT2D eigenvalue weighted by molar-refractivity contribution is 0.922. The maximum atomic E-state index is 10.4. The molecule has 0 amide bonds. The van der Waals surface area contributed by atoms with Crippen LogP contribution in [-0.2, 0) is 6.42 Å². The normalized spacial score (nSPS) is 8.70. The predicted octanol–water partition coefficient (Wildman–Crippen LogP) is -0.164. The summed E-state index contributed by atoms with van der Waals surface area (Å²) in [5, 5.41) is 14.0. The number of nitriles is 1. The number of hydrogen-bond acceptors (Lipinski definition) is 3. The van der Waals surface area contributed by atoms with Crippen molar-refractivity contribution in [2.24, 2.45) is 0 Å². The molecule has 0 aliphatic carbocycles. The summed E-state index contributed by atoms with van der Waals surface area (Å²) >= 11 is 0. The Labute approximate surface area is 57.1 Å². The first-order valence-corrected chi connectivity index (χ1v) is 2.74. The Morgan fingerprint density at radius 1 is 1.70 bits per heavy atom. The molecule has 4 nitrogen and oxygen atoms in total. The SMILES string of the molecule is N#CCc1ccc(=O)[nH]n1. The van der Waals surface area contributed by atoms with Gasteiger partial charge in [0.25, 0.3) is 5.56 Å². The van der Waals surface area contributed by atoms with Crippen LogP contribution in [0.25, 0.3) is 0 Å². The molecule has 1 rings (SSSR count). The van der Waals surface area contributed by atoms with Crippen LogP contribution in [0.5, 0.6) is 0 Å². The largest absolute Gasteiger partial charge is 0.268 e. The first-order valence-electron chi connectivity index (χ1n) is 2.74. The summed E-state index contributed by atoms with van der Waals surface area (Å²) in [7, 11) is 0. The van der Waals surface area contributed by atoms with Crippen LogP contribution < -0.4 is 5.56 Å². The van der Waals surface area contributed by atoms with E-state index in [1.807, 2.05) is 6.07 Å². The zero-order valence-corrected chi connectivity index (χ0v) is 5.16. The Balaban J connectivity index is 2.92. The van der Waals surface area contributed by atoms with Gasteiger partial charge in [0, 0.05) is 6.07 Å². The zero-order valence-electron chi connectivity index (χ0n) is 5.16. The van der Waals surface area contributed by atoms with Gasteiger partial charge in [0.15, 0.2) is 0 Å². The molecule has 0 saturated carbocycles. The van der Waals surface area contributed by atoms with Gasteiger partial charge < -0.3 is 0 Å². The molecule has 0 bridgehead atoms. The summed E-state index contributed by atoms with van der Waals surface area (Å²) in [5.41, 5.74) is 0.337. The van der Waals surface area contributed by atoms with Gasteiger partial charge in [-0.25, -0.2) is 5.10 Å². The molecule has 0 atom stereocenters. The van der Waals surface area contributed by atoms with Crippen LogP contribution in [0.2, 0.25) is 0 Å². The third-order valence-electron chi connectivity index (χ3n) is 0.997. The fraction of sp³-hybridized carbons (Fsp3) is 0.167. The van der Waals surface area contributed by atoms with E-state index in [0.29, 0.717) is 5.69 Å². The summed E-state index contributed by atoms with van der Waals surface area (Å²) < 4.78 is 0. The molecule has 1 aromatic rings. The maximum absolute atomic E-state index is 10.4. The van der Waals surface area contributed by atoms with E-state index in [0.717, 1.165) is 0 Å². The molecule has 0 saturated heterocycles. The van der Waals surface area contributed by atoms with E-state index in [1.165, 1.54) is 12.1 Å². The van der Waals surface area contributed by atoms with E-state index >= 15 is 0 Å². The molecule has 1 N–H and O–H groups in total. The van der Waals surface area contributed by atoms with Crippen molar-refractivity contribution < 1.29 is 0 Å². The van der Waals surface area contributed by atoms with Gasteiger partial charge in [0.1, 0.15) is 0 Å². The minimum atomic E-state index is -0.248. The van der Waals surface area contributed by atoms with Gasteiger partial charge in [-0.05, 0) is 6.07 Å². The predicted molar refractivity (Wildman–Crippen MR) is 34.2 cm³/mol. The van der Waals surface area contributed by atoms with E-state index in [2.05, 4.69) is 10.2 Å². The highest BCUT2D eigenvalue weighted by Crippen LogP contribution is 1.86. The molecule has 1 heterocycles. The second kappa shape index (κ2) is 2.78. The monoisotopic (exact) mass is 135 g/mol. The quantitative estimate of drug-likeness (QED) is 0.581. The van der Waals surface area contributed by atoms with E-state index in [9.17, 15) is 4.79 Å². The highest BCUT2D eigenvalue weighted by atomic mass is 16.1. The number of aromatic nitrogens is 2. The van der Waals surface area contributed by atoms with Crippen LogP contribution in [0.3, 0.4) is 0 Å². The zero-order chi connectivity index (χ0) is 7.40. The van der Waals surface area contributed by atoms with Gasteiger partial charge >= 0.3 is 0 Å². The summed E-state index contributed by atoms with van der Waals surface area (Å²) in [6, 6.07) is 4.80. The van der Waals surface area contributed by atoms with Crippen molar-refractivity contribution in [1.82, 2.24) is 10.2 Å². The molecule has 0 radical (unpaired) electrons. The topological polar surface area (TPSA) is 69.5 Å². The highest BCUT2D eigenvalue weighted by Gasteiger charge is 1.90. The number of nitrogens with one attached hydrogen (secondary N) is 1. The second-order valence-electron chi connectivity index (χ2n) is 1.75. The molecule has 0 aliphatic heterocycles. The molecule has 0 spiro atoms. The average Bonchev–Trinajstić information content (AvgIpc) is 1.95. The molecule has 0 aliphatic rings. The van der Waals surface area contributed by atoms with Crippen LogP contribution in [-0.4, -0.2) is 10.2 Å². The Hall–Kier alpha value is -1.63. The lowest BCUT2D eigenvalue weighted by Gasteiger charge is -1.87. The van der Waals surface area contributed by atoms with Crippen molar-refractivity contribution in [3.05, 3.63) is 28.2 Å². The van der Waals surface area contributed by atoms with Gasteiger partial charge in [0.2, 0.25) is 0 Å². The van der Waals surface area contributed by atoms with Crippen LogP contribution in [0.4, 0.5) is 0 Å². The van der Waals surface area contributed by atoms with Crippen LogP contribution in [0.1, 0.15) is 5.69 Å². The second-order valence-corrected chi connectivity index (χ2v) is 1.75.